The van der Waals surface area contributed by atoms with Crippen LogP contribution in [0.15, 0.2) is 0 Å². The molecule has 1 saturated heterocycles. The largest absolute Gasteiger partial charge is 0.481 e. The van der Waals surface area contributed by atoms with E-state index in [1.165, 1.54) is 11.8 Å². The van der Waals surface area contributed by atoms with E-state index < -0.39 is 84.5 Å². The maximum Gasteiger partial charge on any atom is 0.326 e. The van der Waals surface area contributed by atoms with Crippen molar-refractivity contribution in [1.82, 2.24) is 20.9 Å². The van der Waals surface area contributed by atoms with Gasteiger partial charge >= 0.3 is 11.9 Å². The first-order valence-corrected chi connectivity index (χ1v) is 11.8. The molecule has 15 nitrogen and oxygen atoms in total. The van der Waals surface area contributed by atoms with Crippen molar-refractivity contribution in [2.45, 2.75) is 83.1 Å². The molecule has 5 atom stereocenters. The molecule has 1 heterocycles. The van der Waals surface area contributed by atoms with Gasteiger partial charge in [-0.15, -0.1) is 0 Å². The topological polar surface area (TPSA) is 251 Å². The molecule has 5 amide bonds. The van der Waals surface area contributed by atoms with Gasteiger partial charge in [0.05, 0.1) is 18.9 Å². The number of carboxylic acid groups (broad SMARTS) is 2. The minimum absolute atomic E-state index is 0.0510. The van der Waals surface area contributed by atoms with Crippen LogP contribution >= 0.6 is 0 Å². The zero-order valence-corrected chi connectivity index (χ0v) is 21.1. The summed E-state index contributed by atoms with van der Waals surface area (Å²) in [6.45, 7) is 5.17. The van der Waals surface area contributed by atoms with Crippen molar-refractivity contribution in [2.24, 2.45) is 17.4 Å². The smallest absolute Gasteiger partial charge is 0.326 e. The van der Waals surface area contributed by atoms with Crippen molar-refractivity contribution in [3.05, 3.63) is 0 Å². The molecule has 1 aliphatic rings. The van der Waals surface area contributed by atoms with Gasteiger partial charge in [-0.1, -0.05) is 13.8 Å². The molecule has 15 heteroatoms. The summed E-state index contributed by atoms with van der Waals surface area (Å²) in [5, 5.41) is 25.2. The van der Waals surface area contributed by atoms with Crippen LogP contribution in [-0.4, -0.2) is 93.3 Å². The molecule has 0 unspecified atom stereocenters. The van der Waals surface area contributed by atoms with Gasteiger partial charge in [-0.25, -0.2) is 4.79 Å². The number of nitrogens with zero attached hydrogens (tertiary/aromatic N) is 1. The summed E-state index contributed by atoms with van der Waals surface area (Å²) < 4.78 is 0. The van der Waals surface area contributed by atoms with Gasteiger partial charge in [-0.3, -0.25) is 28.8 Å². The molecule has 9 N–H and O–H groups in total. The van der Waals surface area contributed by atoms with Gasteiger partial charge in [0.1, 0.15) is 24.2 Å². The van der Waals surface area contributed by atoms with E-state index in [0.717, 1.165) is 0 Å². The van der Waals surface area contributed by atoms with Crippen molar-refractivity contribution in [2.75, 3.05) is 6.54 Å². The number of rotatable bonds is 14. The average molecular weight is 529 g/mol. The van der Waals surface area contributed by atoms with Gasteiger partial charge in [0, 0.05) is 6.54 Å². The molecule has 0 aromatic rings. The lowest BCUT2D eigenvalue weighted by Gasteiger charge is -2.30. The molecule has 208 valence electrons. The molecule has 0 aromatic heterocycles. The van der Waals surface area contributed by atoms with Gasteiger partial charge in [0.2, 0.25) is 29.5 Å². The Morgan fingerprint density at radius 2 is 1.54 bits per heavy atom. The van der Waals surface area contributed by atoms with Crippen molar-refractivity contribution in [3.8, 4) is 0 Å². The Morgan fingerprint density at radius 1 is 0.919 bits per heavy atom. The fourth-order valence-corrected chi connectivity index (χ4v) is 3.83. The quantitative estimate of drug-likeness (QED) is 0.122. The second-order valence-corrected chi connectivity index (χ2v) is 9.38. The lowest BCUT2D eigenvalue weighted by molar-refractivity contribution is -0.148. The highest BCUT2D eigenvalue weighted by Gasteiger charge is 2.39. The first-order chi connectivity index (χ1) is 17.1. The van der Waals surface area contributed by atoms with Gasteiger partial charge < -0.3 is 42.5 Å². The number of carboxylic acids is 2. The molecule has 0 radical (unpaired) electrons. The average Bonchev–Trinajstić information content (AvgIpc) is 3.26. The van der Waals surface area contributed by atoms with Crippen molar-refractivity contribution >= 4 is 41.5 Å². The van der Waals surface area contributed by atoms with Crippen LogP contribution in [0.3, 0.4) is 0 Å². The molecule has 0 bridgehead atoms. The molecular formula is C22H36N6O9. The van der Waals surface area contributed by atoms with Crippen molar-refractivity contribution < 1.29 is 43.8 Å². The van der Waals surface area contributed by atoms with E-state index in [1.807, 2.05) is 13.8 Å². The summed E-state index contributed by atoms with van der Waals surface area (Å²) in [5.74, 6) is -6.64. The van der Waals surface area contributed by atoms with Gasteiger partial charge in [0.15, 0.2) is 0 Å². The fourth-order valence-electron chi connectivity index (χ4n) is 3.83. The number of hydrogen-bond donors (Lipinski definition) is 7. The summed E-state index contributed by atoms with van der Waals surface area (Å²) in [4.78, 5) is 85.4. The molecule has 1 aliphatic heterocycles. The number of nitrogens with two attached hydrogens (primary N) is 2. The van der Waals surface area contributed by atoms with Crippen molar-refractivity contribution in [1.29, 1.82) is 0 Å². The van der Waals surface area contributed by atoms with Crippen LogP contribution < -0.4 is 27.4 Å². The Hall–Kier alpha value is -3.75. The minimum Gasteiger partial charge on any atom is -0.481 e. The first kappa shape index (κ1) is 31.3. The van der Waals surface area contributed by atoms with E-state index in [9.17, 15) is 38.7 Å². The van der Waals surface area contributed by atoms with E-state index in [-0.39, 0.29) is 25.3 Å². The van der Waals surface area contributed by atoms with Crippen LogP contribution in [0.25, 0.3) is 0 Å². The SMILES string of the molecule is CC(C)C[C@H](NC(=O)[C@H](C)NC(=O)[C@@H](N)CC(N)=O)C(=O)N1CCC[C@H]1C(=O)N[C@@H](CC(=O)O)C(=O)O. The van der Waals surface area contributed by atoms with Crippen LogP contribution in [0.4, 0.5) is 0 Å². The predicted molar refractivity (Wildman–Crippen MR) is 127 cm³/mol. The number of hydrogen-bond acceptors (Lipinski definition) is 8. The molecule has 0 aromatic carbocycles. The standard InChI is InChI=1S/C22H36N6O9/c1-10(2)7-13(26-18(32)11(3)25-19(33)12(23)8-16(24)29)21(35)28-6-4-5-15(28)20(34)27-14(22(36)37)9-17(30)31/h10-15H,4-9,23H2,1-3H3,(H2,24,29)(H,25,33)(H,26,32)(H,27,34)(H,30,31)(H,36,37)/t11-,12-,13-,14-,15-/m0/s1. The Bertz CT molecular complexity index is 909. The van der Waals surface area contributed by atoms with Gasteiger partial charge in [-0.2, -0.15) is 0 Å². The van der Waals surface area contributed by atoms with E-state index in [1.54, 1.807) is 0 Å². The second-order valence-electron chi connectivity index (χ2n) is 9.38. The van der Waals surface area contributed by atoms with E-state index in [4.69, 9.17) is 16.6 Å². The summed E-state index contributed by atoms with van der Waals surface area (Å²) >= 11 is 0. The van der Waals surface area contributed by atoms with Gasteiger partial charge in [0.25, 0.3) is 0 Å². The van der Waals surface area contributed by atoms with E-state index in [0.29, 0.717) is 6.42 Å². The van der Waals surface area contributed by atoms with Crippen LogP contribution in [0, 0.1) is 5.92 Å². The predicted octanol–water partition coefficient (Wildman–Crippen LogP) is -2.74. The lowest BCUT2D eigenvalue weighted by Crippen LogP contribution is -2.58. The maximum absolute atomic E-state index is 13.4. The number of primary amides is 1. The Morgan fingerprint density at radius 3 is 2.05 bits per heavy atom. The Kier molecular flexibility index (Phi) is 11.9. The number of carbonyl (C=O) groups excluding carboxylic acids is 5. The zero-order valence-electron chi connectivity index (χ0n) is 21.1. The normalized spacial score (nSPS) is 18.3. The molecule has 0 saturated carbocycles. The summed E-state index contributed by atoms with van der Waals surface area (Å²) in [6.07, 6.45) is -0.382. The van der Waals surface area contributed by atoms with Crippen LogP contribution in [0.1, 0.15) is 52.9 Å². The molecular weight excluding hydrogens is 492 g/mol. The third-order valence-electron chi connectivity index (χ3n) is 5.66. The third kappa shape index (κ3) is 10.0. The highest BCUT2D eigenvalue weighted by Crippen LogP contribution is 2.21. The minimum atomic E-state index is -1.67. The molecule has 1 rings (SSSR count). The number of amides is 5. The number of aliphatic carboxylic acids is 2. The zero-order chi connectivity index (χ0) is 28.4. The monoisotopic (exact) mass is 528 g/mol. The first-order valence-electron chi connectivity index (χ1n) is 11.8. The van der Waals surface area contributed by atoms with Gasteiger partial charge in [-0.05, 0) is 32.1 Å². The van der Waals surface area contributed by atoms with Crippen LogP contribution in [0.5, 0.6) is 0 Å². The van der Waals surface area contributed by atoms with E-state index in [2.05, 4.69) is 16.0 Å². The number of carbonyl (C=O) groups is 7. The van der Waals surface area contributed by atoms with Crippen LogP contribution in [-0.2, 0) is 33.6 Å². The Balaban J connectivity index is 2.95. The highest BCUT2D eigenvalue weighted by atomic mass is 16.4. The lowest BCUT2D eigenvalue weighted by atomic mass is 10.0. The summed E-state index contributed by atoms with van der Waals surface area (Å²) in [5.41, 5.74) is 10.6. The molecule has 0 spiro atoms. The maximum atomic E-state index is 13.4. The number of likely N-dealkylation sites (tertiary alicyclic amines) is 1. The number of nitrogens with one attached hydrogen (secondary N) is 3. The fraction of sp³-hybridized carbons (Fsp3) is 0.682. The summed E-state index contributed by atoms with van der Waals surface area (Å²) in [6, 6.07) is -6.13. The second kappa shape index (κ2) is 14.1. The Labute approximate surface area is 213 Å². The molecule has 1 fully saturated rings. The van der Waals surface area contributed by atoms with Crippen LogP contribution in [0.2, 0.25) is 0 Å². The highest BCUT2D eigenvalue weighted by molar-refractivity contribution is 5.96. The van der Waals surface area contributed by atoms with E-state index >= 15 is 0 Å². The van der Waals surface area contributed by atoms with Crippen molar-refractivity contribution in [3.63, 3.8) is 0 Å². The molecule has 37 heavy (non-hydrogen) atoms. The summed E-state index contributed by atoms with van der Waals surface area (Å²) in [7, 11) is 0. The molecule has 0 aliphatic carbocycles. The third-order valence-corrected chi connectivity index (χ3v) is 5.66.